The summed E-state index contributed by atoms with van der Waals surface area (Å²) in [5.41, 5.74) is 2.50. The van der Waals surface area contributed by atoms with E-state index in [2.05, 4.69) is 41.4 Å². The molecule has 0 aliphatic carbocycles. The predicted octanol–water partition coefficient (Wildman–Crippen LogP) is 4.92. The molecule has 2 nitrogen and oxygen atoms in total. The van der Waals surface area contributed by atoms with Crippen molar-refractivity contribution in [3.63, 3.8) is 0 Å². The third-order valence-corrected chi connectivity index (χ3v) is 4.80. The average molecular weight is 335 g/mol. The minimum absolute atomic E-state index is 0.303. The van der Waals surface area contributed by atoms with Gasteiger partial charge in [0.2, 0.25) is 0 Å². The van der Waals surface area contributed by atoms with E-state index in [1.54, 1.807) is 0 Å². The van der Waals surface area contributed by atoms with Gasteiger partial charge in [-0.25, -0.2) is 0 Å². The van der Waals surface area contributed by atoms with Crippen LogP contribution in [0.4, 0.5) is 5.69 Å². The van der Waals surface area contributed by atoms with Crippen LogP contribution in [0.5, 0.6) is 0 Å². The molecule has 0 spiro atoms. The summed E-state index contributed by atoms with van der Waals surface area (Å²) in [5, 5.41) is 5.11. The molecule has 0 bridgehead atoms. The lowest BCUT2D eigenvalue weighted by Gasteiger charge is -2.44. The van der Waals surface area contributed by atoms with E-state index in [1.165, 1.54) is 11.3 Å². The van der Waals surface area contributed by atoms with Crippen LogP contribution < -0.4 is 10.2 Å². The van der Waals surface area contributed by atoms with E-state index < -0.39 is 0 Å². The van der Waals surface area contributed by atoms with Gasteiger partial charge >= 0.3 is 0 Å². The monoisotopic (exact) mass is 334 g/mol. The van der Waals surface area contributed by atoms with Gasteiger partial charge in [0, 0.05) is 34.9 Å². The minimum atomic E-state index is 0.303. The molecule has 1 aliphatic heterocycles. The number of nitrogens with one attached hydrogen (secondary N) is 1. The number of hydrogen-bond donors (Lipinski definition) is 1. The smallest absolute Gasteiger partial charge is 0.0670 e. The minimum Gasteiger partial charge on any atom is -0.359 e. The SMILES string of the molecule is CC[C@H]1CNC[C@@H](c2ccc(Cl)cc2)N1c1ccc(Cl)cc1. The normalized spacial score (nSPS) is 21.9. The number of benzene rings is 2. The molecule has 0 saturated carbocycles. The highest BCUT2D eigenvalue weighted by Crippen LogP contribution is 2.33. The molecule has 1 N–H and O–H groups in total. The maximum atomic E-state index is 6.05. The Morgan fingerprint density at radius 1 is 0.955 bits per heavy atom. The molecule has 1 fully saturated rings. The quantitative estimate of drug-likeness (QED) is 0.856. The molecular formula is C18H20Cl2N2. The zero-order valence-electron chi connectivity index (χ0n) is 12.6. The van der Waals surface area contributed by atoms with Crippen LogP contribution in [0.3, 0.4) is 0 Å². The molecule has 4 heteroatoms. The summed E-state index contributed by atoms with van der Waals surface area (Å²) in [6, 6.07) is 17.1. The van der Waals surface area contributed by atoms with Gasteiger partial charge in [0.15, 0.2) is 0 Å². The number of nitrogens with zero attached hydrogens (tertiary/aromatic N) is 1. The summed E-state index contributed by atoms with van der Waals surface area (Å²) in [4.78, 5) is 2.51. The lowest BCUT2D eigenvalue weighted by Crippen LogP contribution is -2.53. The largest absolute Gasteiger partial charge is 0.359 e. The molecule has 3 rings (SSSR count). The van der Waals surface area contributed by atoms with Gasteiger partial charge in [-0.05, 0) is 48.4 Å². The second kappa shape index (κ2) is 6.91. The first kappa shape index (κ1) is 15.7. The highest BCUT2D eigenvalue weighted by atomic mass is 35.5. The highest BCUT2D eigenvalue weighted by molar-refractivity contribution is 6.30. The number of halogens is 2. The third kappa shape index (κ3) is 3.24. The van der Waals surface area contributed by atoms with Crippen LogP contribution in [0.1, 0.15) is 24.9 Å². The fourth-order valence-electron chi connectivity index (χ4n) is 3.15. The Balaban J connectivity index is 1.98. The Bertz CT molecular complexity index is 610. The van der Waals surface area contributed by atoms with Crippen LogP contribution in [0.15, 0.2) is 48.5 Å². The van der Waals surface area contributed by atoms with Gasteiger partial charge in [-0.1, -0.05) is 42.3 Å². The Hall–Kier alpha value is -1.22. The van der Waals surface area contributed by atoms with Crippen LogP contribution in [0, 0.1) is 0 Å². The summed E-state index contributed by atoms with van der Waals surface area (Å²) < 4.78 is 0. The van der Waals surface area contributed by atoms with Crippen LogP contribution >= 0.6 is 23.2 Å². The van der Waals surface area contributed by atoms with Crippen molar-refractivity contribution in [2.75, 3.05) is 18.0 Å². The van der Waals surface area contributed by atoms with E-state index in [1.807, 2.05) is 24.3 Å². The van der Waals surface area contributed by atoms with Crippen LogP contribution in [-0.4, -0.2) is 19.1 Å². The number of hydrogen-bond acceptors (Lipinski definition) is 2. The van der Waals surface area contributed by atoms with Gasteiger partial charge < -0.3 is 10.2 Å². The van der Waals surface area contributed by atoms with Crippen LogP contribution in [0.2, 0.25) is 10.0 Å². The zero-order chi connectivity index (χ0) is 15.5. The zero-order valence-corrected chi connectivity index (χ0v) is 14.1. The second-order valence-electron chi connectivity index (χ2n) is 5.67. The topological polar surface area (TPSA) is 15.3 Å². The fourth-order valence-corrected chi connectivity index (χ4v) is 3.40. The molecule has 1 heterocycles. The molecule has 0 radical (unpaired) electrons. The molecular weight excluding hydrogens is 315 g/mol. The third-order valence-electron chi connectivity index (χ3n) is 4.30. The number of rotatable bonds is 3. The van der Waals surface area contributed by atoms with E-state index in [0.29, 0.717) is 12.1 Å². The molecule has 2 aromatic carbocycles. The van der Waals surface area contributed by atoms with Crippen molar-refractivity contribution >= 4 is 28.9 Å². The van der Waals surface area contributed by atoms with E-state index in [9.17, 15) is 0 Å². The predicted molar refractivity (Wildman–Crippen MR) is 95.1 cm³/mol. The summed E-state index contributed by atoms with van der Waals surface area (Å²) >= 11 is 12.1. The van der Waals surface area contributed by atoms with Crippen LogP contribution in [-0.2, 0) is 0 Å². The van der Waals surface area contributed by atoms with Gasteiger partial charge in [-0.3, -0.25) is 0 Å². The molecule has 1 aliphatic rings. The Labute approximate surface area is 142 Å². The Kier molecular flexibility index (Phi) is 4.92. The molecule has 1 saturated heterocycles. The number of piperazine rings is 1. The van der Waals surface area contributed by atoms with E-state index in [4.69, 9.17) is 23.2 Å². The number of anilines is 1. The fraction of sp³-hybridized carbons (Fsp3) is 0.333. The lowest BCUT2D eigenvalue weighted by molar-refractivity contribution is 0.398. The maximum Gasteiger partial charge on any atom is 0.0670 e. The van der Waals surface area contributed by atoms with Crippen molar-refractivity contribution in [2.24, 2.45) is 0 Å². The van der Waals surface area contributed by atoms with Gasteiger partial charge in [-0.15, -0.1) is 0 Å². The van der Waals surface area contributed by atoms with Crippen LogP contribution in [0.25, 0.3) is 0 Å². The Morgan fingerprint density at radius 3 is 2.14 bits per heavy atom. The van der Waals surface area contributed by atoms with Crippen molar-refractivity contribution in [3.05, 3.63) is 64.1 Å². The van der Waals surface area contributed by atoms with Gasteiger partial charge in [0.25, 0.3) is 0 Å². The molecule has 0 aromatic heterocycles. The van der Waals surface area contributed by atoms with E-state index in [0.717, 1.165) is 29.6 Å². The second-order valence-corrected chi connectivity index (χ2v) is 6.54. The molecule has 22 heavy (non-hydrogen) atoms. The standard InChI is InChI=1S/C18H20Cl2N2/c1-2-16-11-21-12-18(13-3-5-14(19)6-4-13)22(16)17-9-7-15(20)8-10-17/h3-10,16,18,21H,2,11-12H2,1H3/t16-,18-/m0/s1. The first-order chi connectivity index (χ1) is 10.7. The van der Waals surface area contributed by atoms with Gasteiger partial charge in [0.1, 0.15) is 0 Å². The van der Waals surface area contributed by atoms with Crippen molar-refractivity contribution in [1.29, 1.82) is 0 Å². The average Bonchev–Trinajstić information content (AvgIpc) is 2.56. The van der Waals surface area contributed by atoms with Gasteiger partial charge in [-0.2, -0.15) is 0 Å². The first-order valence-corrected chi connectivity index (χ1v) is 8.44. The molecule has 0 unspecified atom stereocenters. The van der Waals surface area contributed by atoms with Gasteiger partial charge in [0.05, 0.1) is 6.04 Å². The summed E-state index contributed by atoms with van der Waals surface area (Å²) in [7, 11) is 0. The van der Waals surface area contributed by atoms with Crippen molar-refractivity contribution in [1.82, 2.24) is 5.32 Å². The lowest BCUT2D eigenvalue weighted by atomic mass is 9.97. The molecule has 2 aromatic rings. The summed E-state index contributed by atoms with van der Waals surface area (Å²) in [6.07, 6.45) is 1.10. The van der Waals surface area contributed by atoms with E-state index >= 15 is 0 Å². The highest BCUT2D eigenvalue weighted by Gasteiger charge is 2.30. The summed E-state index contributed by atoms with van der Waals surface area (Å²) in [6.45, 7) is 4.17. The van der Waals surface area contributed by atoms with Crippen molar-refractivity contribution in [3.8, 4) is 0 Å². The molecule has 0 amide bonds. The molecule has 2 atom stereocenters. The first-order valence-electron chi connectivity index (χ1n) is 7.69. The van der Waals surface area contributed by atoms with Crippen molar-refractivity contribution in [2.45, 2.75) is 25.4 Å². The van der Waals surface area contributed by atoms with Crippen molar-refractivity contribution < 1.29 is 0 Å². The maximum absolute atomic E-state index is 6.05. The summed E-state index contributed by atoms with van der Waals surface area (Å²) in [5.74, 6) is 0. The molecule has 116 valence electrons. The van der Waals surface area contributed by atoms with E-state index in [-0.39, 0.29) is 0 Å². The Morgan fingerprint density at radius 2 is 1.55 bits per heavy atom.